The van der Waals surface area contributed by atoms with Gasteiger partial charge in [0, 0.05) is 30.1 Å². The van der Waals surface area contributed by atoms with Crippen molar-refractivity contribution in [3.63, 3.8) is 0 Å². The summed E-state index contributed by atoms with van der Waals surface area (Å²) < 4.78 is 10.8. The van der Waals surface area contributed by atoms with Gasteiger partial charge in [-0.2, -0.15) is 0 Å². The topological polar surface area (TPSA) is 69.7 Å². The SMILES string of the molecule is CC(CCCCC(=O)CCCCC(C)(c1ccccc1)C1CCC(=O)O1)(C1=COC(=O)C1)c1ccccc1. The fraction of sp³-hybridized carbons (Fsp3) is 0.485. The maximum absolute atomic E-state index is 12.7. The third kappa shape index (κ3) is 6.61. The highest BCUT2D eigenvalue weighted by Crippen LogP contribution is 2.41. The predicted molar refractivity (Wildman–Crippen MR) is 147 cm³/mol. The molecule has 38 heavy (non-hydrogen) atoms. The smallest absolute Gasteiger partial charge is 0.314 e. The highest BCUT2D eigenvalue weighted by Gasteiger charge is 2.41. The van der Waals surface area contributed by atoms with Crippen LogP contribution in [0.5, 0.6) is 0 Å². The molecule has 0 N–H and O–H groups in total. The van der Waals surface area contributed by atoms with E-state index in [0.717, 1.165) is 50.5 Å². The maximum Gasteiger partial charge on any atom is 0.314 e. The number of carbonyl (C=O) groups excluding carboxylic acids is 3. The molecule has 1 saturated heterocycles. The van der Waals surface area contributed by atoms with E-state index in [2.05, 4.69) is 38.1 Å². The van der Waals surface area contributed by atoms with Crippen molar-refractivity contribution in [1.82, 2.24) is 0 Å². The molecule has 3 unspecified atom stereocenters. The fourth-order valence-electron chi connectivity index (χ4n) is 6.02. The molecule has 0 spiro atoms. The van der Waals surface area contributed by atoms with Crippen LogP contribution in [0.25, 0.3) is 0 Å². The summed E-state index contributed by atoms with van der Waals surface area (Å²) >= 11 is 0. The van der Waals surface area contributed by atoms with Crippen LogP contribution in [-0.4, -0.2) is 23.8 Å². The summed E-state index contributed by atoms with van der Waals surface area (Å²) in [7, 11) is 0. The lowest BCUT2D eigenvalue weighted by molar-refractivity contribution is -0.144. The fourth-order valence-corrected chi connectivity index (χ4v) is 6.02. The van der Waals surface area contributed by atoms with Gasteiger partial charge < -0.3 is 9.47 Å². The molecule has 0 radical (unpaired) electrons. The van der Waals surface area contributed by atoms with Crippen LogP contribution < -0.4 is 0 Å². The van der Waals surface area contributed by atoms with Gasteiger partial charge in [-0.15, -0.1) is 0 Å². The minimum absolute atomic E-state index is 0.109. The lowest BCUT2D eigenvalue weighted by atomic mass is 9.72. The van der Waals surface area contributed by atoms with E-state index in [1.807, 2.05) is 36.4 Å². The number of benzene rings is 2. The van der Waals surface area contributed by atoms with E-state index in [1.54, 1.807) is 6.26 Å². The lowest BCUT2D eigenvalue weighted by Crippen LogP contribution is -2.36. The van der Waals surface area contributed by atoms with Gasteiger partial charge in [0.25, 0.3) is 0 Å². The number of carbonyl (C=O) groups is 3. The van der Waals surface area contributed by atoms with Crippen molar-refractivity contribution in [1.29, 1.82) is 0 Å². The second kappa shape index (κ2) is 12.6. The Kier molecular flexibility index (Phi) is 9.19. The second-order valence-corrected chi connectivity index (χ2v) is 11.3. The average molecular weight is 517 g/mol. The van der Waals surface area contributed by atoms with Crippen molar-refractivity contribution in [3.05, 3.63) is 83.6 Å². The first-order valence-corrected chi connectivity index (χ1v) is 14.0. The number of esters is 2. The van der Waals surface area contributed by atoms with E-state index in [4.69, 9.17) is 9.47 Å². The number of cyclic esters (lactones) is 2. The van der Waals surface area contributed by atoms with Crippen LogP contribution in [-0.2, 0) is 34.7 Å². The number of hydrogen-bond acceptors (Lipinski definition) is 5. The first-order valence-electron chi connectivity index (χ1n) is 14.0. The quantitative estimate of drug-likeness (QED) is 0.197. The van der Waals surface area contributed by atoms with Crippen molar-refractivity contribution in [3.8, 4) is 0 Å². The van der Waals surface area contributed by atoms with Crippen molar-refractivity contribution in [2.45, 2.75) is 101 Å². The molecule has 0 aliphatic carbocycles. The van der Waals surface area contributed by atoms with E-state index in [-0.39, 0.29) is 28.9 Å². The molecule has 2 aromatic rings. The summed E-state index contributed by atoms with van der Waals surface area (Å²) in [5.41, 5.74) is 2.86. The predicted octanol–water partition coefficient (Wildman–Crippen LogP) is 7.13. The van der Waals surface area contributed by atoms with Gasteiger partial charge in [0.1, 0.15) is 11.9 Å². The van der Waals surface area contributed by atoms with Crippen molar-refractivity contribution in [2.24, 2.45) is 0 Å². The van der Waals surface area contributed by atoms with E-state index >= 15 is 0 Å². The lowest BCUT2D eigenvalue weighted by Gasteiger charge is -2.35. The van der Waals surface area contributed by atoms with Gasteiger partial charge in [-0.1, -0.05) is 87.4 Å². The summed E-state index contributed by atoms with van der Waals surface area (Å²) in [4.78, 5) is 36.3. The second-order valence-electron chi connectivity index (χ2n) is 11.3. The monoisotopic (exact) mass is 516 g/mol. The normalized spacial score (nSPS) is 20.3. The van der Waals surface area contributed by atoms with E-state index in [9.17, 15) is 14.4 Å². The first-order chi connectivity index (χ1) is 18.3. The van der Waals surface area contributed by atoms with Gasteiger partial charge in [0.2, 0.25) is 0 Å². The molecule has 1 fully saturated rings. The zero-order chi connectivity index (χ0) is 27.0. The molecule has 4 rings (SSSR count). The molecule has 0 amide bonds. The zero-order valence-electron chi connectivity index (χ0n) is 22.7. The Morgan fingerprint density at radius 3 is 1.97 bits per heavy atom. The Balaban J connectivity index is 1.24. The van der Waals surface area contributed by atoms with Gasteiger partial charge in [0.15, 0.2) is 0 Å². The van der Waals surface area contributed by atoms with Crippen molar-refractivity contribution in [2.75, 3.05) is 0 Å². The average Bonchev–Trinajstić information content (AvgIpc) is 3.58. The molecule has 202 valence electrons. The number of hydrogen-bond donors (Lipinski definition) is 0. The van der Waals surface area contributed by atoms with Crippen LogP contribution in [0.3, 0.4) is 0 Å². The summed E-state index contributed by atoms with van der Waals surface area (Å²) in [6.45, 7) is 4.36. The molecule has 5 nitrogen and oxygen atoms in total. The Labute approximate surface area is 226 Å². The van der Waals surface area contributed by atoms with E-state index in [1.165, 1.54) is 11.1 Å². The van der Waals surface area contributed by atoms with Gasteiger partial charge in [-0.3, -0.25) is 14.4 Å². The molecule has 2 aliphatic heterocycles. The van der Waals surface area contributed by atoms with Crippen LogP contribution in [0, 0.1) is 0 Å². The third-order valence-corrected chi connectivity index (χ3v) is 8.60. The molecule has 0 aromatic heterocycles. The minimum atomic E-state index is -0.276. The Morgan fingerprint density at radius 2 is 1.42 bits per heavy atom. The van der Waals surface area contributed by atoms with Crippen LogP contribution in [0.2, 0.25) is 0 Å². The number of ether oxygens (including phenoxy) is 2. The Bertz CT molecular complexity index is 1140. The molecule has 5 heteroatoms. The van der Waals surface area contributed by atoms with Crippen molar-refractivity contribution < 1.29 is 23.9 Å². The first kappa shape index (κ1) is 27.8. The summed E-state index contributed by atoms with van der Waals surface area (Å²) in [6.07, 6.45) is 9.48. The molecule has 2 aromatic carbocycles. The van der Waals surface area contributed by atoms with Gasteiger partial charge in [-0.25, -0.2) is 0 Å². The van der Waals surface area contributed by atoms with Crippen LogP contribution in [0.1, 0.15) is 95.6 Å². The zero-order valence-corrected chi connectivity index (χ0v) is 22.7. The largest absolute Gasteiger partial charge is 0.461 e. The van der Waals surface area contributed by atoms with Crippen LogP contribution in [0.4, 0.5) is 0 Å². The highest BCUT2D eigenvalue weighted by molar-refractivity contribution is 5.78. The number of rotatable bonds is 14. The molecule has 3 atom stereocenters. The molecular formula is C33H40O5. The van der Waals surface area contributed by atoms with Crippen LogP contribution in [0.15, 0.2) is 72.5 Å². The number of unbranched alkanes of at least 4 members (excludes halogenated alkanes) is 2. The molecule has 0 saturated carbocycles. The number of Topliss-reactive ketones (excluding diaryl/α,β-unsaturated/α-hetero) is 1. The third-order valence-electron chi connectivity index (χ3n) is 8.60. The minimum Gasteiger partial charge on any atom is -0.461 e. The van der Waals surface area contributed by atoms with Crippen LogP contribution >= 0.6 is 0 Å². The van der Waals surface area contributed by atoms with Gasteiger partial charge in [0.05, 0.1) is 12.7 Å². The maximum atomic E-state index is 12.7. The molecule has 2 heterocycles. The molecular weight excluding hydrogens is 476 g/mol. The summed E-state index contributed by atoms with van der Waals surface area (Å²) in [6, 6.07) is 20.5. The Morgan fingerprint density at radius 1 is 0.816 bits per heavy atom. The van der Waals surface area contributed by atoms with Gasteiger partial charge in [-0.05, 0) is 48.8 Å². The number of ketones is 1. The highest BCUT2D eigenvalue weighted by atomic mass is 16.6. The summed E-state index contributed by atoms with van der Waals surface area (Å²) in [5, 5.41) is 0. The summed E-state index contributed by atoms with van der Waals surface area (Å²) in [5.74, 6) is -0.00968. The van der Waals surface area contributed by atoms with Crippen molar-refractivity contribution >= 4 is 17.7 Å². The van der Waals surface area contributed by atoms with E-state index < -0.39 is 0 Å². The molecule has 0 bridgehead atoms. The van der Waals surface area contributed by atoms with Gasteiger partial charge >= 0.3 is 11.9 Å². The standard InChI is InChI=1S/C33H40O5/c1-32(25-13-5-3-6-14-25,27-23-31(36)37-24-27)21-11-9-17-28(34)18-10-12-22-33(2,26-15-7-4-8-16-26)29-19-20-30(35)38-29/h3-8,13-16,24,29H,9-12,17-23H2,1-2H3. The Hall–Kier alpha value is -3.21. The molecule has 2 aliphatic rings. The van der Waals surface area contributed by atoms with E-state index in [0.29, 0.717) is 31.5 Å².